The monoisotopic (exact) mass is 359 g/mol. The van der Waals surface area contributed by atoms with E-state index in [9.17, 15) is 9.59 Å². The summed E-state index contributed by atoms with van der Waals surface area (Å²) in [5.41, 5.74) is 0.201. The quantitative estimate of drug-likeness (QED) is 0.843. The predicted molar refractivity (Wildman–Crippen MR) is 80.3 cm³/mol. The Morgan fingerprint density at radius 2 is 1.95 bits per heavy atom. The molecule has 0 aromatic heterocycles. The van der Waals surface area contributed by atoms with Gasteiger partial charge in [-0.05, 0) is 44.5 Å². The lowest BCUT2D eigenvalue weighted by Crippen LogP contribution is -2.32. The van der Waals surface area contributed by atoms with Crippen LogP contribution in [-0.2, 0) is 16.1 Å². The molecule has 0 saturated heterocycles. The van der Waals surface area contributed by atoms with Gasteiger partial charge in [-0.25, -0.2) is 9.59 Å². The second-order valence-corrected chi connectivity index (χ2v) is 6.25. The summed E-state index contributed by atoms with van der Waals surface area (Å²) in [7, 11) is 0. The second kappa shape index (κ2) is 7.31. The Hall–Kier alpha value is -1.76. The minimum atomic E-state index is -1.05. The Morgan fingerprint density at radius 1 is 1.29 bits per heavy atom. The van der Waals surface area contributed by atoms with Crippen molar-refractivity contribution in [2.45, 2.75) is 32.9 Å². The zero-order chi connectivity index (χ0) is 16.0. The summed E-state index contributed by atoms with van der Waals surface area (Å²) < 4.78 is 11.0. The van der Waals surface area contributed by atoms with E-state index in [1.54, 1.807) is 39.0 Å². The highest BCUT2D eigenvalue weighted by Crippen LogP contribution is 2.21. The molecular weight excluding hydrogens is 342 g/mol. The minimum Gasteiger partial charge on any atom is -0.482 e. The van der Waals surface area contributed by atoms with Crippen LogP contribution in [0.2, 0.25) is 0 Å². The van der Waals surface area contributed by atoms with Gasteiger partial charge in [0.1, 0.15) is 11.4 Å². The smallest absolute Gasteiger partial charge is 0.407 e. The molecule has 1 amide bonds. The molecule has 0 aliphatic heterocycles. The van der Waals surface area contributed by atoms with Crippen LogP contribution in [-0.4, -0.2) is 29.4 Å². The number of carbonyl (C=O) groups is 2. The van der Waals surface area contributed by atoms with E-state index < -0.39 is 24.3 Å². The van der Waals surface area contributed by atoms with E-state index in [4.69, 9.17) is 14.6 Å². The Kier molecular flexibility index (Phi) is 6.02. The Labute approximate surface area is 131 Å². The van der Waals surface area contributed by atoms with E-state index in [1.165, 1.54) is 0 Å². The summed E-state index contributed by atoms with van der Waals surface area (Å²) in [6, 6.07) is 5.11. The molecule has 6 nitrogen and oxygen atoms in total. The SMILES string of the molecule is CC(C)(C)OC(=O)NCc1cc(Br)cc(OCC(=O)O)c1. The van der Waals surface area contributed by atoms with E-state index in [1.807, 2.05) is 0 Å². The van der Waals surface area contributed by atoms with Crippen molar-refractivity contribution in [3.05, 3.63) is 28.2 Å². The molecule has 7 heteroatoms. The summed E-state index contributed by atoms with van der Waals surface area (Å²) in [6.45, 7) is 5.17. The molecule has 1 aromatic rings. The molecule has 21 heavy (non-hydrogen) atoms. The standard InChI is InChI=1S/C14H18BrNO5/c1-14(2,3)21-13(19)16-7-9-4-10(15)6-11(5-9)20-8-12(17)18/h4-6H,7-8H2,1-3H3,(H,16,19)(H,17,18). The number of hydrogen-bond acceptors (Lipinski definition) is 4. The van der Waals surface area contributed by atoms with Crippen molar-refractivity contribution in [1.82, 2.24) is 5.32 Å². The summed E-state index contributed by atoms with van der Waals surface area (Å²) >= 11 is 3.30. The molecule has 0 spiro atoms. The Morgan fingerprint density at radius 3 is 2.52 bits per heavy atom. The van der Waals surface area contributed by atoms with Gasteiger partial charge in [0.2, 0.25) is 0 Å². The molecule has 0 atom stereocenters. The second-order valence-electron chi connectivity index (χ2n) is 5.33. The molecule has 0 fully saturated rings. The van der Waals surface area contributed by atoms with Crippen LogP contribution in [0.1, 0.15) is 26.3 Å². The van der Waals surface area contributed by atoms with Gasteiger partial charge in [-0.2, -0.15) is 0 Å². The summed E-state index contributed by atoms with van der Waals surface area (Å²) in [6.07, 6.45) is -0.518. The van der Waals surface area contributed by atoms with Crippen molar-refractivity contribution in [2.24, 2.45) is 0 Å². The zero-order valence-corrected chi connectivity index (χ0v) is 13.7. The highest BCUT2D eigenvalue weighted by molar-refractivity contribution is 9.10. The average molecular weight is 360 g/mol. The van der Waals surface area contributed by atoms with Gasteiger partial charge in [0.15, 0.2) is 6.61 Å². The Bertz CT molecular complexity index is 525. The molecule has 116 valence electrons. The number of carboxylic acid groups (broad SMARTS) is 1. The van der Waals surface area contributed by atoms with Crippen molar-refractivity contribution >= 4 is 28.0 Å². The van der Waals surface area contributed by atoms with Gasteiger partial charge in [-0.1, -0.05) is 15.9 Å². The summed E-state index contributed by atoms with van der Waals surface area (Å²) in [5.74, 6) is -0.642. The average Bonchev–Trinajstić information content (AvgIpc) is 2.31. The van der Waals surface area contributed by atoms with Crippen molar-refractivity contribution in [3.8, 4) is 5.75 Å². The normalized spacial score (nSPS) is 10.9. The van der Waals surface area contributed by atoms with Gasteiger partial charge < -0.3 is 19.9 Å². The first-order valence-corrected chi connectivity index (χ1v) is 7.06. The first-order valence-electron chi connectivity index (χ1n) is 6.26. The third-order valence-electron chi connectivity index (χ3n) is 2.13. The molecule has 0 radical (unpaired) electrons. The lowest BCUT2D eigenvalue weighted by atomic mass is 10.2. The highest BCUT2D eigenvalue weighted by Gasteiger charge is 2.15. The number of benzene rings is 1. The maximum Gasteiger partial charge on any atom is 0.407 e. The molecule has 0 heterocycles. The van der Waals surface area contributed by atoms with Crippen molar-refractivity contribution < 1.29 is 24.2 Å². The number of nitrogens with one attached hydrogen (secondary N) is 1. The topological polar surface area (TPSA) is 84.9 Å². The van der Waals surface area contributed by atoms with Gasteiger partial charge in [-0.15, -0.1) is 0 Å². The molecule has 0 aliphatic carbocycles. The number of carbonyl (C=O) groups excluding carboxylic acids is 1. The van der Waals surface area contributed by atoms with Crippen LogP contribution < -0.4 is 10.1 Å². The van der Waals surface area contributed by atoms with E-state index >= 15 is 0 Å². The largest absolute Gasteiger partial charge is 0.482 e. The number of aliphatic carboxylic acids is 1. The zero-order valence-electron chi connectivity index (χ0n) is 12.1. The number of hydrogen-bond donors (Lipinski definition) is 2. The fourth-order valence-electron chi connectivity index (χ4n) is 1.44. The van der Waals surface area contributed by atoms with Gasteiger partial charge in [0.25, 0.3) is 0 Å². The van der Waals surface area contributed by atoms with Crippen LogP contribution in [0.4, 0.5) is 4.79 Å². The number of rotatable bonds is 5. The summed E-state index contributed by atoms with van der Waals surface area (Å²) in [5, 5.41) is 11.2. The number of alkyl carbamates (subject to hydrolysis) is 1. The number of ether oxygens (including phenoxy) is 2. The number of amides is 1. The van der Waals surface area contributed by atoms with Crippen LogP contribution in [0.25, 0.3) is 0 Å². The van der Waals surface area contributed by atoms with E-state index in [-0.39, 0.29) is 6.54 Å². The molecular formula is C14H18BrNO5. The fraction of sp³-hybridized carbons (Fsp3) is 0.429. The predicted octanol–water partition coefficient (Wildman–Crippen LogP) is 2.94. The van der Waals surface area contributed by atoms with E-state index in [2.05, 4.69) is 21.2 Å². The van der Waals surface area contributed by atoms with Crippen molar-refractivity contribution in [3.63, 3.8) is 0 Å². The molecule has 1 rings (SSSR count). The van der Waals surface area contributed by atoms with E-state index in [0.29, 0.717) is 5.75 Å². The number of halogens is 1. The third-order valence-corrected chi connectivity index (χ3v) is 2.59. The van der Waals surface area contributed by atoms with Crippen LogP contribution in [0.5, 0.6) is 5.75 Å². The minimum absolute atomic E-state index is 0.248. The van der Waals surface area contributed by atoms with Crippen LogP contribution in [0, 0.1) is 0 Å². The Balaban J connectivity index is 2.62. The third kappa shape index (κ3) is 7.55. The van der Waals surface area contributed by atoms with E-state index in [0.717, 1.165) is 10.0 Å². The summed E-state index contributed by atoms with van der Waals surface area (Å²) in [4.78, 5) is 22.0. The van der Waals surface area contributed by atoms with Gasteiger partial charge in [-0.3, -0.25) is 0 Å². The first-order chi connectivity index (χ1) is 9.65. The lowest BCUT2D eigenvalue weighted by Gasteiger charge is -2.19. The fourth-order valence-corrected chi connectivity index (χ4v) is 1.96. The highest BCUT2D eigenvalue weighted by atomic mass is 79.9. The first kappa shape index (κ1) is 17.3. The van der Waals surface area contributed by atoms with Crippen LogP contribution in [0.15, 0.2) is 22.7 Å². The molecule has 0 aliphatic rings. The number of carboxylic acids is 1. The van der Waals surface area contributed by atoms with Gasteiger partial charge in [0, 0.05) is 11.0 Å². The van der Waals surface area contributed by atoms with Crippen molar-refractivity contribution in [2.75, 3.05) is 6.61 Å². The van der Waals surface area contributed by atoms with Crippen LogP contribution >= 0.6 is 15.9 Å². The molecule has 0 saturated carbocycles. The van der Waals surface area contributed by atoms with Gasteiger partial charge in [0.05, 0.1) is 0 Å². The molecule has 2 N–H and O–H groups in total. The van der Waals surface area contributed by atoms with Crippen LogP contribution in [0.3, 0.4) is 0 Å². The molecule has 0 unspecified atom stereocenters. The lowest BCUT2D eigenvalue weighted by molar-refractivity contribution is -0.139. The maximum absolute atomic E-state index is 11.6. The van der Waals surface area contributed by atoms with Gasteiger partial charge >= 0.3 is 12.1 Å². The maximum atomic E-state index is 11.6. The molecule has 1 aromatic carbocycles. The molecule has 0 bridgehead atoms. The van der Waals surface area contributed by atoms with Crippen molar-refractivity contribution in [1.29, 1.82) is 0 Å².